The highest BCUT2D eigenvalue weighted by atomic mass is 16.4. The van der Waals surface area contributed by atoms with Crippen LogP contribution in [-0.4, -0.2) is 22.2 Å². The van der Waals surface area contributed by atoms with Gasteiger partial charge in [0.1, 0.15) is 0 Å². The Balaban J connectivity index is 2.85. The molecule has 4 heteroatoms. The highest BCUT2D eigenvalue weighted by Crippen LogP contribution is 2.25. The quantitative estimate of drug-likeness (QED) is 0.343. The second-order valence-electron chi connectivity index (χ2n) is 7.42. The van der Waals surface area contributed by atoms with Gasteiger partial charge in [-0.2, -0.15) is 0 Å². The summed E-state index contributed by atoms with van der Waals surface area (Å²) in [7, 11) is 0. The van der Waals surface area contributed by atoms with Crippen molar-refractivity contribution in [1.29, 1.82) is 0 Å². The van der Waals surface area contributed by atoms with Crippen molar-refractivity contribution in [2.45, 2.75) is 97.3 Å². The molecule has 27 heavy (non-hydrogen) atoms. The van der Waals surface area contributed by atoms with Crippen LogP contribution in [-0.2, 0) is 12.8 Å². The molecule has 0 bridgehead atoms. The number of carbonyl (C=O) groups is 2. The molecule has 0 atom stereocenters. The highest BCUT2D eigenvalue weighted by molar-refractivity contribution is 6.03. The summed E-state index contributed by atoms with van der Waals surface area (Å²) in [4.78, 5) is 23.3. The van der Waals surface area contributed by atoms with E-state index in [-0.39, 0.29) is 11.1 Å². The Morgan fingerprint density at radius 1 is 0.704 bits per heavy atom. The Morgan fingerprint density at radius 2 is 1.22 bits per heavy atom. The lowest BCUT2D eigenvalue weighted by Gasteiger charge is -2.15. The number of hydrogen-bond donors (Lipinski definition) is 2. The predicted octanol–water partition coefficient (Wildman–Crippen LogP) is 6.50. The van der Waals surface area contributed by atoms with Crippen LogP contribution in [0.1, 0.15) is 116 Å². The van der Waals surface area contributed by atoms with Crippen LogP contribution in [0.3, 0.4) is 0 Å². The summed E-state index contributed by atoms with van der Waals surface area (Å²) in [6, 6.07) is 3.31. The van der Waals surface area contributed by atoms with Crippen molar-refractivity contribution in [3.8, 4) is 0 Å². The maximum Gasteiger partial charge on any atom is 0.336 e. The van der Waals surface area contributed by atoms with Crippen LogP contribution < -0.4 is 0 Å². The van der Waals surface area contributed by atoms with E-state index >= 15 is 0 Å². The zero-order valence-corrected chi connectivity index (χ0v) is 17.1. The molecule has 1 aromatic rings. The Morgan fingerprint density at radius 3 is 1.78 bits per heavy atom. The van der Waals surface area contributed by atoms with Gasteiger partial charge in [0.25, 0.3) is 0 Å². The summed E-state index contributed by atoms with van der Waals surface area (Å²) < 4.78 is 0. The van der Waals surface area contributed by atoms with Crippen molar-refractivity contribution in [2.75, 3.05) is 0 Å². The van der Waals surface area contributed by atoms with Gasteiger partial charge >= 0.3 is 11.9 Å². The molecular weight excluding hydrogens is 340 g/mol. The van der Waals surface area contributed by atoms with Gasteiger partial charge in [-0.3, -0.25) is 0 Å². The number of carboxylic acids is 2. The first-order valence-electron chi connectivity index (χ1n) is 10.6. The lowest BCUT2D eigenvalue weighted by Crippen LogP contribution is -2.14. The third-order valence-electron chi connectivity index (χ3n) is 5.18. The number of hydrogen-bond acceptors (Lipinski definition) is 2. The number of unbranched alkanes of at least 4 members (excludes halogenated alkanes) is 9. The molecule has 0 heterocycles. The number of rotatable bonds is 15. The van der Waals surface area contributed by atoms with E-state index in [1.54, 1.807) is 0 Å². The molecule has 0 unspecified atom stereocenters. The average molecular weight is 377 g/mol. The largest absolute Gasteiger partial charge is 0.478 e. The van der Waals surface area contributed by atoms with E-state index in [1.807, 2.05) is 6.07 Å². The molecule has 1 aromatic carbocycles. The zero-order valence-electron chi connectivity index (χ0n) is 17.1. The first-order valence-corrected chi connectivity index (χ1v) is 10.6. The van der Waals surface area contributed by atoms with Crippen LogP contribution in [0.25, 0.3) is 0 Å². The number of aromatic carboxylic acids is 2. The minimum Gasteiger partial charge on any atom is -0.478 e. The molecular formula is C23H36O4. The van der Waals surface area contributed by atoms with Crippen molar-refractivity contribution in [2.24, 2.45) is 0 Å². The van der Waals surface area contributed by atoms with Crippen LogP contribution in [0.2, 0.25) is 0 Å². The van der Waals surface area contributed by atoms with Gasteiger partial charge in [-0.05, 0) is 42.9 Å². The summed E-state index contributed by atoms with van der Waals surface area (Å²) >= 11 is 0. The smallest absolute Gasteiger partial charge is 0.336 e. The Kier molecular flexibility index (Phi) is 11.5. The van der Waals surface area contributed by atoms with Gasteiger partial charge in [-0.25, -0.2) is 9.59 Å². The monoisotopic (exact) mass is 376 g/mol. The fourth-order valence-corrected chi connectivity index (χ4v) is 3.63. The predicted molar refractivity (Wildman–Crippen MR) is 110 cm³/mol. The molecule has 0 radical (unpaired) electrons. The molecule has 152 valence electrons. The Hall–Kier alpha value is -1.84. The van der Waals surface area contributed by atoms with E-state index in [2.05, 4.69) is 13.8 Å². The van der Waals surface area contributed by atoms with Gasteiger partial charge in [0.15, 0.2) is 0 Å². The minimum atomic E-state index is -1.16. The van der Waals surface area contributed by atoms with Crippen LogP contribution in [0.5, 0.6) is 0 Å². The van der Waals surface area contributed by atoms with Crippen molar-refractivity contribution < 1.29 is 19.8 Å². The molecule has 4 nitrogen and oxygen atoms in total. The number of aryl methyl sites for hydroxylation is 1. The van der Waals surface area contributed by atoms with Gasteiger partial charge in [-0.15, -0.1) is 0 Å². The molecule has 0 fully saturated rings. The minimum absolute atomic E-state index is 0.000515. The molecule has 2 N–H and O–H groups in total. The van der Waals surface area contributed by atoms with Crippen molar-refractivity contribution in [1.82, 2.24) is 0 Å². The van der Waals surface area contributed by atoms with E-state index in [4.69, 9.17) is 0 Å². The zero-order chi connectivity index (χ0) is 20.1. The maximum absolute atomic E-state index is 11.8. The lowest BCUT2D eigenvalue weighted by atomic mass is 9.89. The van der Waals surface area contributed by atoms with E-state index < -0.39 is 11.9 Å². The Bertz CT molecular complexity index is 592. The highest BCUT2D eigenvalue weighted by Gasteiger charge is 2.22. The normalized spacial score (nSPS) is 10.9. The van der Waals surface area contributed by atoms with E-state index in [0.29, 0.717) is 6.42 Å². The van der Waals surface area contributed by atoms with Gasteiger partial charge in [0.05, 0.1) is 11.1 Å². The summed E-state index contributed by atoms with van der Waals surface area (Å²) in [5.74, 6) is -2.29. The standard InChI is InChI=1S/C23H36O4/c1-3-5-7-9-10-11-12-14-18-16-17-20(22(24)25)21(23(26)27)19(18)15-13-8-6-4-2/h16-17H,3-15H2,1-2H3,(H,24,25)(H,26,27). The molecule has 0 spiro atoms. The first-order chi connectivity index (χ1) is 13.0. The van der Waals surface area contributed by atoms with Crippen LogP contribution in [0.4, 0.5) is 0 Å². The average Bonchev–Trinajstić information content (AvgIpc) is 2.64. The van der Waals surface area contributed by atoms with Gasteiger partial charge in [0, 0.05) is 0 Å². The van der Waals surface area contributed by atoms with E-state index in [1.165, 1.54) is 38.2 Å². The van der Waals surface area contributed by atoms with Crippen molar-refractivity contribution >= 4 is 11.9 Å². The molecule has 0 aliphatic rings. The molecule has 0 amide bonds. The molecule has 0 saturated carbocycles. The van der Waals surface area contributed by atoms with Crippen LogP contribution >= 0.6 is 0 Å². The van der Waals surface area contributed by atoms with Gasteiger partial charge in [0.2, 0.25) is 0 Å². The van der Waals surface area contributed by atoms with E-state index in [9.17, 15) is 19.8 Å². The Labute approximate surface area is 164 Å². The van der Waals surface area contributed by atoms with Crippen molar-refractivity contribution in [3.05, 3.63) is 34.4 Å². The molecule has 1 rings (SSSR count). The summed E-state index contributed by atoms with van der Waals surface area (Å²) in [5.41, 5.74) is 1.67. The third kappa shape index (κ3) is 8.15. The van der Waals surface area contributed by atoms with Gasteiger partial charge < -0.3 is 10.2 Å². The number of carboxylic acid groups (broad SMARTS) is 2. The summed E-state index contributed by atoms with van der Waals surface area (Å²) in [6.45, 7) is 4.35. The molecule has 0 aliphatic carbocycles. The molecule has 0 aliphatic heterocycles. The van der Waals surface area contributed by atoms with E-state index in [0.717, 1.165) is 56.1 Å². The lowest BCUT2D eigenvalue weighted by molar-refractivity contribution is 0.0650. The molecule has 0 aromatic heterocycles. The second kappa shape index (κ2) is 13.3. The second-order valence-corrected chi connectivity index (χ2v) is 7.42. The summed E-state index contributed by atoms with van der Waals surface area (Å²) in [5, 5.41) is 19.0. The van der Waals surface area contributed by atoms with Crippen molar-refractivity contribution in [3.63, 3.8) is 0 Å². The third-order valence-corrected chi connectivity index (χ3v) is 5.18. The fourth-order valence-electron chi connectivity index (χ4n) is 3.63. The maximum atomic E-state index is 11.8. The number of benzene rings is 1. The molecule has 0 saturated heterocycles. The fraction of sp³-hybridized carbons (Fsp3) is 0.652. The van der Waals surface area contributed by atoms with Gasteiger partial charge in [-0.1, -0.05) is 77.7 Å². The SMILES string of the molecule is CCCCCCCCCc1ccc(C(=O)O)c(C(=O)O)c1CCCCCC. The van der Waals surface area contributed by atoms with Crippen LogP contribution in [0, 0.1) is 0 Å². The topological polar surface area (TPSA) is 74.6 Å². The first kappa shape index (κ1) is 23.2. The summed E-state index contributed by atoms with van der Waals surface area (Å²) in [6.07, 6.45) is 14.1. The van der Waals surface area contributed by atoms with Crippen LogP contribution in [0.15, 0.2) is 12.1 Å².